The molecule has 0 aromatic carbocycles. The van der Waals surface area contributed by atoms with Gasteiger partial charge in [0.2, 0.25) is 5.91 Å². The van der Waals surface area contributed by atoms with Crippen LogP contribution in [-0.2, 0) is 16.0 Å². The molecular formula is C13H20N2O4. The summed E-state index contributed by atoms with van der Waals surface area (Å²) in [6, 6.07) is 0. The van der Waals surface area contributed by atoms with Crippen molar-refractivity contribution in [3.8, 4) is 0 Å². The maximum absolute atomic E-state index is 12.2. The van der Waals surface area contributed by atoms with Gasteiger partial charge in [0.25, 0.3) is 0 Å². The van der Waals surface area contributed by atoms with Gasteiger partial charge in [-0.05, 0) is 20.8 Å². The molecule has 0 aliphatic carbocycles. The summed E-state index contributed by atoms with van der Waals surface area (Å²) in [7, 11) is 0. The van der Waals surface area contributed by atoms with Crippen LogP contribution in [0.15, 0.2) is 4.52 Å². The van der Waals surface area contributed by atoms with Gasteiger partial charge in [0.1, 0.15) is 5.76 Å². The van der Waals surface area contributed by atoms with Crippen molar-refractivity contribution >= 4 is 11.9 Å². The highest BCUT2D eigenvalue weighted by atomic mass is 16.5. The van der Waals surface area contributed by atoms with Gasteiger partial charge in [0.05, 0.1) is 18.0 Å². The molecule has 6 nitrogen and oxygen atoms in total. The number of amides is 1. The molecule has 1 aromatic rings. The Morgan fingerprint density at radius 2 is 2.05 bits per heavy atom. The van der Waals surface area contributed by atoms with Gasteiger partial charge in [-0.25, -0.2) is 0 Å². The number of hydrogen-bond acceptors (Lipinski definition) is 4. The molecule has 1 N–H and O–H groups in total. The average Bonchev–Trinajstić information content (AvgIpc) is 2.66. The van der Waals surface area contributed by atoms with Gasteiger partial charge in [-0.15, -0.1) is 0 Å². The second-order valence-electron chi connectivity index (χ2n) is 4.65. The fourth-order valence-corrected chi connectivity index (χ4v) is 1.83. The fraction of sp³-hybridized carbons (Fsp3) is 0.615. The van der Waals surface area contributed by atoms with Gasteiger partial charge in [-0.3, -0.25) is 9.59 Å². The van der Waals surface area contributed by atoms with E-state index in [-0.39, 0.29) is 18.9 Å². The molecule has 19 heavy (non-hydrogen) atoms. The van der Waals surface area contributed by atoms with Crippen LogP contribution in [0.2, 0.25) is 0 Å². The summed E-state index contributed by atoms with van der Waals surface area (Å²) in [6.45, 7) is 7.68. The molecule has 0 bridgehead atoms. The van der Waals surface area contributed by atoms with Gasteiger partial charge < -0.3 is 14.5 Å². The molecule has 0 aliphatic heterocycles. The summed E-state index contributed by atoms with van der Waals surface area (Å²) >= 11 is 0. The minimum atomic E-state index is -0.899. The van der Waals surface area contributed by atoms with Crippen molar-refractivity contribution < 1.29 is 19.2 Å². The highest BCUT2D eigenvalue weighted by molar-refractivity contribution is 5.80. The molecule has 0 aliphatic rings. The third-order valence-corrected chi connectivity index (χ3v) is 3.16. The van der Waals surface area contributed by atoms with Gasteiger partial charge in [-0.2, -0.15) is 0 Å². The van der Waals surface area contributed by atoms with Crippen LogP contribution in [0.1, 0.15) is 30.9 Å². The van der Waals surface area contributed by atoms with E-state index < -0.39 is 11.9 Å². The number of aliphatic carboxylic acids is 1. The minimum Gasteiger partial charge on any atom is -0.481 e. The van der Waals surface area contributed by atoms with Gasteiger partial charge >= 0.3 is 5.97 Å². The SMILES string of the molecule is CCN(CC(C)C(=O)O)C(=O)Cc1c(C)noc1C. The number of carboxylic acids is 1. The monoisotopic (exact) mass is 268 g/mol. The van der Waals surface area contributed by atoms with Crippen LogP contribution in [0.4, 0.5) is 0 Å². The lowest BCUT2D eigenvalue weighted by Crippen LogP contribution is -2.37. The molecule has 0 saturated carbocycles. The predicted octanol–water partition coefficient (Wildman–Crippen LogP) is 1.40. The van der Waals surface area contributed by atoms with Crippen LogP contribution in [0.3, 0.4) is 0 Å². The maximum atomic E-state index is 12.2. The van der Waals surface area contributed by atoms with Gasteiger partial charge in [0, 0.05) is 18.7 Å². The van der Waals surface area contributed by atoms with Crippen molar-refractivity contribution in [3.05, 3.63) is 17.0 Å². The lowest BCUT2D eigenvalue weighted by molar-refractivity contribution is -0.142. The molecule has 0 spiro atoms. The average molecular weight is 268 g/mol. The fourth-order valence-electron chi connectivity index (χ4n) is 1.83. The lowest BCUT2D eigenvalue weighted by Gasteiger charge is -2.22. The highest BCUT2D eigenvalue weighted by Gasteiger charge is 2.21. The van der Waals surface area contributed by atoms with Crippen molar-refractivity contribution in [1.29, 1.82) is 0 Å². The normalized spacial score (nSPS) is 12.2. The Morgan fingerprint density at radius 3 is 2.47 bits per heavy atom. The van der Waals surface area contributed by atoms with Crippen molar-refractivity contribution in [3.63, 3.8) is 0 Å². The van der Waals surface area contributed by atoms with Crippen LogP contribution in [0, 0.1) is 19.8 Å². The maximum Gasteiger partial charge on any atom is 0.308 e. The number of carbonyl (C=O) groups is 2. The van der Waals surface area contributed by atoms with Gasteiger partial charge in [0.15, 0.2) is 0 Å². The first kappa shape index (κ1) is 15.2. The van der Waals surface area contributed by atoms with E-state index in [9.17, 15) is 9.59 Å². The second kappa shape index (κ2) is 6.36. The van der Waals surface area contributed by atoms with Crippen LogP contribution < -0.4 is 0 Å². The van der Waals surface area contributed by atoms with Crippen molar-refractivity contribution in [2.45, 2.75) is 34.1 Å². The number of carbonyl (C=O) groups excluding carboxylic acids is 1. The predicted molar refractivity (Wildman–Crippen MR) is 68.7 cm³/mol. The molecule has 0 fully saturated rings. The van der Waals surface area contributed by atoms with Crippen molar-refractivity contribution in [2.24, 2.45) is 5.92 Å². The molecule has 6 heteroatoms. The zero-order chi connectivity index (χ0) is 14.6. The third kappa shape index (κ3) is 3.81. The van der Waals surface area contributed by atoms with Crippen LogP contribution in [0.5, 0.6) is 0 Å². The van der Waals surface area contributed by atoms with E-state index >= 15 is 0 Å². The number of carboxylic acid groups (broad SMARTS) is 1. The van der Waals surface area contributed by atoms with Crippen LogP contribution in [0.25, 0.3) is 0 Å². The summed E-state index contributed by atoms with van der Waals surface area (Å²) in [5.41, 5.74) is 1.49. The zero-order valence-corrected chi connectivity index (χ0v) is 11.8. The summed E-state index contributed by atoms with van der Waals surface area (Å²) < 4.78 is 5.01. The van der Waals surface area contributed by atoms with Crippen molar-refractivity contribution in [1.82, 2.24) is 10.1 Å². The minimum absolute atomic E-state index is 0.106. The Kier molecular flexibility index (Phi) is 5.09. The van der Waals surface area contributed by atoms with Crippen molar-refractivity contribution in [2.75, 3.05) is 13.1 Å². The Morgan fingerprint density at radius 1 is 1.42 bits per heavy atom. The molecule has 1 atom stereocenters. The number of aryl methyl sites for hydroxylation is 2. The lowest BCUT2D eigenvalue weighted by atomic mass is 10.1. The molecule has 0 saturated heterocycles. The molecule has 106 valence electrons. The zero-order valence-electron chi connectivity index (χ0n) is 11.8. The smallest absolute Gasteiger partial charge is 0.308 e. The quantitative estimate of drug-likeness (QED) is 0.843. The number of aromatic nitrogens is 1. The number of rotatable bonds is 6. The number of likely N-dealkylation sites (N-methyl/N-ethyl adjacent to an activating group) is 1. The first-order chi connectivity index (χ1) is 8.86. The van der Waals surface area contributed by atoms with E-state index in [1.165, 1.54) is 0 Å². The molecule has 0 radical (unpaired) electrons. The third-order valence-electron chi connectivity index (χ3n) is 3.16. The topological polar surface area (TPSA) is 83.6 Å². The van der Waals surface area contributed by atoms with E-state index in [0.717, 1.165) is 5.56 Å². The molecule has 1 unspecified atom stereocenters. The molecule has 1 aromatic heterocycles. The van der Waals surface area contributed by atoms with E-state index in [4.69, 9.17) is 9.63 Å². The molecule has 1 rings (SSSR count). The first-order valence-electron chi connectivity index (χ1n) is 6.29. The Bertz CT molecular complexity index is 448. The molecule has 1 heterocycles. The standard InChI is InChI=1S/C13H20N2O4/c1-5-15(7-8(2)13(17)18)12(16)6-11-9(3)14-19-10(11)4/h8H,5-7H2,1-4H3,(H,17,18). The molecular weight excluding hydrogens is 248 g/mol. The summed E-state index contributed by atoms with van der Waals surface area (Å²) in [6.07, 6.45) is 0.196. The van der Waals surface area contributed by atoms with E-state index in [2.05, 4.69) is 5.16 Å². The number of nitrogens with zero attached hydrogens (tertiary/aromatic N) is 2. The largest absolute Gasteiger partial charge is 0.481 e. The Hall–Kier alpha value is -1.85. The highest BCUT2D eigenvalue weighted by Crippen LogP contribution is 2.14. The van der Waals surface area contributed by atoms with Gasteiger partial charge in [-0.1, -0.05) is 12.1 Å². The van der Waals surface area contributed by atoms with E-state index in [0.29, 0.717) is 18.0 Å². The second-order valence-corrected chi connectivity index (χ2v) is 4.65. The number of hydrogen-bond donors (Lipinski definition) is 1. The summed E-state index contributed by atoms with van der Waals surface area (Å²) in [5.74, 6) is -0.949. The van der Waals surface area contributed by atoms with Crippen LogP contribution in [-0.4, -0.2) is 40.1 Å². The molecule has 1 amide bonds. The van der Waals surface area contributed by atoms with Crippen LogP contribution >= 0.6 is 0 Å². The van der Waals surface area contributed by atoms with E-state index in [1.54, 1.807) is 25.7 Å². The first-order valence-corrected chi connectivity index (χ1v) is 6.29. The Labute approximate surface area is 112 Å². The van der Waals surface area contributed by atoms with E-state index in [1.807, 2.05) is 6.92 Å². The summed E-state index contributed by atoms with van der Waals surface area (Å²) in [5, 5.41) is 12.7. The Balaban J connectivity index is 2.72. The summed E-state index contributed by atoms with van der Waals surface area (Å²) in [4.78, 5) is 24.5.